The van der Waals surface area contributed by atoms with Crippen molar-refractivity contribution in [2.75, 3.05) is 0 Å². The molecule has 2 aromatic carbocycles. The molecule has 0 atom stereocenters. The van der Waals surface area contributed by atoms with Crippen molar-refractivity contribution in [2.24, 2.45) is 10.2 Å². The van der Waals surface area contributed by atoms with Crippen LogP contribution in [0.5, 0.6) is 0 Å². The smallest absolute Gasteiger partial charge is 0.345 e. The van der Waals surface area contributed by atoms with Gasteiger partial charge < -0.3 is 4.42 Å². The van der Waals surface area contributed by atoms with Crippen LogP contribution in [0.2, 0.25) is 0 Å². The second-order valence-electron chi connectivity index (χ2n) is 6.52. The molecule has 0 aliphatic heterocycles. The Morgan fingerprint density at radius 2 is 1.76 bits per heavy atom. The maximum Gasteiger partial charge on any atom is 0.345 e. The van der Waals surface area contributed by atoms with Crippen molar-refractivity contribution >= 4 is 28.0 Å². The van der Waals surface area contributed by atoms with E-state index in [1.165, 1.54) is 0 Å². The van der Waals surface area contributed by atoms with Crippen LogP contribution in [0, 0.1) is 6.92 Å². The third-order valence-corrected chi connectivity index (χ3v) is 4.60. The van der Waals surface area contributed by atoms with Gasteiger partial charge in [-0.15, -0.1) is 5.11 Å². The molecule has 0 amide bonds. The summed E-state index contributed by atoms with van der Waals surface area (Å²) >= 11 is 0. The molecule has 0 aliphatic rings. The molecule has 0 fully saturated rings. The number of azo groups is 1. The van der Waals surface area contributed by atoms with Gasteiger partial charge in [0.05, 0.1) is 22.6 Å². The minimum Gasteiger partial charge on any atom is -0.422 e. The maximum atomic E-state index is 12.6. The van der Waals surface area contributed by atoms with Gasteiger partial charge in [-0.3, -0.25) is 0 Å². The lowest BCUT2D eigenvalue weighted by Gasteiger charge is -2.04. The molecular formula is C22H15N5O2. The first kappa shape index (κ1) is 17.0. The molecular weight excluding hydrogens is 366 g/mol. The van der Waals surface area contributed by atoms with Gasteiger partial charge in [-0.1, -0.05) is 36.4 Å². The molecule has 5 aromatic rings. The standard InChI is InChI=1S/C22H15N5O2/c1-14-20(25-24-16-8-3-2-4-9-16)21-23-12-11-18(27(21)26-14)17-13-15-7-5-6-10-19(15)29-22(17)28/h2-13H,1H3. The normalized spacial score (nSPS) is 11.6. The van der Waals surface area contributed by atoms with Gasteiger partial charge in [-0.05, 0) is 37.3 Å². The maximum absolute atomic E-state index is 12.6. The lowest BCUT2D eigenvalue weighted by atomic mass is 10.1. The van der Waals surface area contributed by atoms with Gasteiger partial charge in [-0.25, -0.2) is 14.3 Å². The Labute approximate surface area is 165 Å². The predicted molar refractivity (Wildman–Crippen MR) is 110 cm³/mol. The first-order chi connectivity index (χ1) is 14.2. The average molecular weight is 381 g/mol. The highest BCUT2D eigenvalue weighted by atomic mass is 16.4. The third-order valence-electron chi connectivity index (χ3n) is 4.60. The summed E-state index contributed by atoms with van der Waals surface area (Å²) in [6.07, 6.45) is 1.63. The largest absolute Gasteiger partial charge is 0.422 e. The minimum absolute atomic E-state index is 0.408. The Balaban J connectivity index is 1.68. The number of hydrogen-bond acceptors (Lipinski definition) is 6. The molecule has 0 spiro atoms. The minimum atomic E-state index is -0.434. The summed E-state index contributed by atoms with van der Waals surface area (Å²) in [4.78, 5) is 17.0. The van der Waals surface area contributed by atoms with E-state index < -0.39 is 5.63 Å². The molecule has 3 aromatic heterocycles. The van der Waals surface area contributed by atoms with Gasteiger partial charge in [0.1, 0.15) is 5.58 Å². The SMILES string of the molecule is Cc1nn2c(-c3cc4ccccc4oc3=O)ccnc2c1N=Nc1ccccc1. The second kappa shape index (κ2) is 6.79. The van der Waals surface area contributed by atoms with Crippen molar-refractivity contribution in [3.63, 3.8) is 0 Å². The molecule has 0 radical (unpaired) electrons. The fourth-order valence-electron chi connectivity index (χ4n) is 3.20. The highest BCUT2D eigenvalue weighted by molar-refractivity contribution is 5.81. The summed E-state index contributed by atoms with van der Waals surface area (Å²) in [7, 11) is 0. The average Bonchev–Trinajstić information content (AvgIpc) is 3.07. The van der Waals surface area contributed by atoms with Crippen LogP contribution in [0.25, 0.3) is 27.9 Å². The van der Waals surface area contributed by atoms with Crippen molar-refractivity contribution in [3.8, 4) is 11.3 Å². The van der Waals surface area contributed by atoms with Crippen molar-refractivity contribution < 1.29 is 4.42 Å². The molecule has 7 heteroatoms. The molecule has 0 aliphatic carbocycles. The zero-order valence-electron chi connectivity index (χ0n) is 15.5. The Hall–Kier alpha value is -4.13. The van der Waals surface area contributed by atoms with Crippen LogP contribution in [0.1, 0.15) is 5.69 Å². The zero-order valence-corrected chi connectivity index (χ0v) is 15.5. The van der Waals surface area contributed by atoms with Gasteiger partial charge in [0.25, 0.3) is 0 Å². The zero-order chi connectivity index (χ0) is 19.8. The van der Waals surface area contributed by atoms with Crippen LogP contribution < -0.4 is 5.63 Å². The Morgan fingerprint density at radius 3 is 2.62 bits per heavy atom. The summed E-state index contributed by atoms with van der Waals surface area (Å²) in [6.45, 7) is 1.83. The van der Waals surface area contributed by atoms with Gasteiger partial charge >= 0.3 is 5.63 Å². The van der Waals surface area contributed by atoms with Gasteiger partial charge in [-0.2, -0.15) is 10.2 Å². The fourth-order valence-corrected chi connectivity index (χ4v) is 3.20. The predicted octanol–water partition coefficient (Wildman–Crippen LogP) is 5.23. The molecule has 0 saturated carbocycles. The molecule has 0 unspecified atom stereocenters. The number of benzene rings is 2. The van der Waals surface area contributed by atoms with Crippen LogP contribution in [0.4, 0.5) is 11.4 Å². The van der Waals surface area contributed by atoms with E-state index in [4.69, 9.17) is 4.42 Å². The first-order valence-electron chi connectivity index (χ1n) is 9.05. The summed E-state index contributed by atoms with van der Waals surface area (Å²) in [5.74, 6) is 0. The van der Waals surface area contributed by atoms with Crippen LogP contribution in [0.15, 0.2) is 92.4 Å². The third kappa shape index (κ3) is 2.98. The summed E-state index contributed by atoms with van der Waals surface area (Å²) < 4.78 is 7.09. The van der Waals surface area contributed by atoms with Crippen molar-refractivity contribution in [1.29, 1.82) is 0 Å². The number of nitrogens with zero attached hydrogens (tertiary/aromatic N) is 5. The highest BCUT2D eigenvalue weighted by Crippen LogP contribution is 2.29. The topological polar surface area (TPSA) is 85.1 Å². The first-order valence-corrected chi connectivity index (χ1v) is 9.05. The molecule has 0 N–H and O–H groups in total. The van der Waals surface area contributed by atoms with E-state index in [0.717, 1.165) is 11.1 Å². The highest BCUT2D eigenvalue weighted by Gasteiger charge is 2.17. The van der Waals surface area contributed by atoms with Crippen molar-refractivity contribution in [3.05, 3.63) is 89.0 Å². The lowest BCUT2D eigenvalue weighted by Crippen LogP contribution is -2.07. The molecule has 0 saturated heterocycles. The van der Waals surface area contributed by atoms with Crippen molar-refractivity contribution in [1.82, 2.24) is 14.6 Å². The second-order valence-corrected chi connectivity index (χ2v) is 6.52. The van der Waals surface area contributed by atoms with E-state index in [1.807, 2.05) is 55.5 Å². The monoisotopic (exact) mass is 381 g/mol. The van der Waals surface area contributed by atoms with E-state index in [0.29, 0.717) is 33.9 Å². The number of aryl methyl sites for hydroxylation is 1. The number of para-hydroxylation sites is 1. The van der Waals surface area contributed by atoms with Gasteiger partial charge in [0, 0.05) is 11.6 Å². The van der Waals surface area contributed by atoms with E-state index in [2.05, 4.69) is 20.3 Å². The van der Waals surface area contributed by atoms with E-state index in [-0.39, 0.29) is 0 Å². The van der Waals surface area contributed by atoms with Gasteiger partial charge in [0.15, 0.2) is 11.3 Å². The molecule has 5 rings (SSSR count). The quantitative estimate of drug-likeness (QED) is 0.316. The van der Waals surface area contributed by atoms with Gasteiger partial charge in [0.2, 0.25) is 0 Å². The van der Waals surface area contributed by atoms with E-state index >= 15 is 0 Å². The number of aromatic nitrogens is 3. The van der Waals surface area contributed by atoms with E-state index in [1.54, 1.807) is 28.9 Å². The number of fused-ring (bicyclic) bond motifs is 2. The van der Waals surface area contributed by atoms with Crippen LogP contribution >= 0.6 is 0 Å². The molecule has 140 valence electrons. The summed E-state index contributed by atoms with van der Waals surface area (Å²) in [5, 5.41) is 14.0. The van der Waals surface area contributed by atoms with Crippen LogP contribution in [0.3, 0.4) is 0 Å². The van der Waals surface area contributed by atoms with Crippen LogP contribution in [-0.4, -0.2) is 14.6 Å². The summed E-state index contributed by atoms with van der Waals surface area (Å²) in [5.41, 5.74) is 3.57. The fraction of sp³-hybridized carbons (Fsp3) is 0.0455. The Morgan fingerprint density at radius 1 is 0.966 bits per heavy atom. The Bertz CT molecular complexity index is 1430. The lowest BCUT2D eigenvalue weighted by molar-refractivity contribution is 0.562. The molecule has 7 nitrogen and oxygen atoms in total. The van der Waals surface area contributed by atoms with E-state index in [9.17, 15) is 4.79 Å². The number of rotatable bonds is 3. The molecule has 29 heavy (non-hydrogen) atoms. The van der Waals surface area contributed by atoms with Crippen molar-refractivity contribution in [2.45, 2.75) is 6.92 Å². The summed E-state index contributed by atoms with van der Waals surface area (Å²) in [6, 6.07) is 20.4. The van der Waals surface area contributed by atoms with Crippen LogP contribution in [-0.2, 0) is 0 Å². The molecule has 3 heterocycles. The Kier molecular flexibility index (Phi) is 3.98. The molecule has 0 bridgehead atoms. The number of hydrogen-bond donors (Lipinski definition) is 0.